The van der Waals surface area contributed by atoms with Gasteiger partial charge in [0.25, 0.3) is 0 Å². The van der Waals surface area contributed by atoms with Crippen LogP contribution in [0.2, 0.25) is 0 Å². The molecule has 1 aromatic rings. The van der Waals surface area contributed by atoms with Gasteiger partial charge in [-0.25, -0.2) is 0 Å². The molecule has 94 valence electrons. The Kier molecular flexibility index (Phi) is 5.38. The van der Waals surface area contributed by atoms with Crippen LogP contribution in [0.1, 0.15) is 19.4 Å². The van der Waals surface area contributed by atoms with Crippen molar-refractivity contribution in [2.45, 2.75) is 19.9 Å². The highest BCUT2D eigenvalue weighted by Gasteiger charge is 2.07. The summed E-state index contributed by atoms with van der Waals surface area (Å²) in [5, 5.41) is 0. The molecule has 0 unspecified atom stereocenters. The molecule has 0 radical (unpaired) electrons. The van der Waals surface area contributed by atoms with Crippen molar-refractivity contribution >= 4 is 17.2 Å². The summed E-state index contributed by atoms with van der Waals surface area (Å²) in [6.45, 7) is 5.82. The van der Waals surface area contributed by atoms with Gasteiger partial charge in [0, 0.05) is 12.6 Å². The second kappa shape index (κ2) is 6.57. The first-order valence-corrected chi connectivity index (χ1v) is 6.15. The van der Waals surface area contributed by atoms with E-state index < -0.39 is 0 Å². The summed E-state index contributed by atoms with van der Waals surface area (Å²) in [6, 6.07) is 8.11. The zero-order valence-electron chi connectivity index (χ0n) is 10.6. The van der Waals surface area contributed by atoms with Crippen LogP contribution >= 0.6 is 12.2 Å². The number of likely N-dealkylation sites (N-methyl/N-ethyl adjacent to an activating group) is 1. The number of rotatable bonds is 6. The molecule has 0 aromatic heterocycles. The smallest absolute Gasteiger partial charge is 0.129 e. The standard InChI is InChI=1S/C13H20N2OS/c1-10(2)15(3)8-9-16-12-7-5-4-6-11(12)13(14)17/h4-7,10H,8-9H2,1-3H3,(H2,14,17). The Morgan fingerprint density at radius 1 is 1.41 bits per heavy atom. The van der Waals surface area contributed by atoms with Gasteiger partial charge < -0.3 is 15.4 Å². The van der Waals surface area contributed by atoms with Crippen molar-refractivity contribution in [1.29, 1.82) is 0 Å². The van der Waals surface area contributed by atoms with E-state index in [4.69, 9.17) is 22.7 Å². The Bertz CT molecular complexity index is 379. The molecule has 0 bridgehead atoms. The lowest BCUT2D eigenvalue weighted by Crippen LogP contribution is -2.30. The molecule has 0 spiro atoms. The molecule has 1 aromatic carbocycles. The molecule has 0 aliphatic carbocycles. The van der Waals surface area contributed by atoms with Gasteiger partial charge in [-0.05, 0) is 33.0 Å². The van der Waals surface area contributed by atoms with E-state index in [0.717, 1.165) is 17.9 Å². The quantitative estimate of drug-likeness (QED) is 0.786. The Balaban J connectivity index is 2.55. The Morgan fingerprint density at radius 3 is 2.65 bits per heavy atom. The molecule has 0 aliphatic heterocycles. The van der Waals surface area contributed by atoms with E-state index in [1.807, 2.05) is 24.3 Å². The molecule has 0 aliphatic rings. The number of nitrogens with zero attached hydrogens (tertiary/aromatic N) is 1. The summed E-state index contributed by atoms with van der Waals surface area (Å²) in [5.74, 6) is 0.761. The lowest BCUT2D eigenvalue weighted by Gasteiger charge is -2.21. The first kappa shape index (κ1) is 13.9. The number of ether oxygens (including phenoxy) is 1. The lowest BCUT2D eigenvalue weighted by molar-refractivity contribution is 0.208. The van der Waals surface area contributed by atoms with Gasteiger partial charge in [-0.2, -0.15) is 0 Å². The fourth-order valence-electron chi connectivity index (χ4n) is 1.35. The van der Waals surface area contributed by atoms with E-state index in [-0.39, 0.29) is 0 Å². The maximum absolute atomic E-state index is 5.71. The highest BCUT2D eigenvalue weighted by Crippen LogP contribution is 2.17. The molecule has 4 heteroatoms. The Hall–Kier alpha value is -1.13. The number of benzene rings is 1. The van der Waals surface area contributed by atoms with E-state index in [2.05, 4.69) is 25.8 Å². The van der Waals surface area contributed by atoms with Crippen molar-refractivity contribution in [3.8, 4) is 5.75 Å². The number of thiocarbonyl (C=S) groups is 1. The predicted molar refractivity (Wildman–Crippen MR) is 75.6 cm³/mol. The van der Waals surface area contributed by atoms with Crippen LogP contribution in [0.15, 0.2) is 24.3 Å². The zero-order valence-corrected chi connectivity index (χ0v) is 11.5. The minimum Gasteiger partial charge on any atom is -0.492 e. The molecule has 2 N–H and O–H groups in total. The summed E-state index contributed by atoms with van der Waals surface area (Å²) in [6.07, 6.45) is 0. The van der Waals surface area contributed by atoms with Crippen molar-refractivity contribution < 1.29 is 4.74 Å². The van der Waals surface area contributed by atoms with Crippen LogP contribution in [-0.2, 0) is 0 Å². The average Bonchev–Trinajstić information content (AvgIpc) is 2.29. The van der Waals surface area contributed by atoms with Gasteiger partial charge in [-0.1, -0.05) is 24.4 Å². The molecular formula is C13H20N2OS. The number of para-hydroxylation sites is 1. The van der Waals surface area contributed by atoms with Crippen molar-refractivity contribution in [2.75, 3.05) is 20.2 Å². The van der Waals surface area contributed by atoms with Gasteiger partial charge in [-0.15, -0.1) is 0 Å². The van der Waals surface area contributed by atoms with Crippen LogP contribution in [0.5, 0.6) is 5.75 Å². The topological polar surface area (TPSA) is 38.5 Å². The van der Waals surface area contributed by atoms with E-state index in [1.165, 1.54) is 0 Å². The first-order valence-electron chi connectivity index (χ1n) is 5.74. The summed E-state index contributed by atoms with van der Waals surface area (Å²) in [7, 11) is 2.08. The Morgan fingerprint density at radius 2 is 2.06 bits per heavy atom. The molecule has 3 nitrogen and oxygen atoms in total. The third-order valence-corrected chi connectivity index (χ3v) is 2.96. The summed E-state index contributed by atoms with van der Waals surface area (Å²) < 4.78 is 5.71. The Labute approximate surface area is 109 Å². The molecule has 0 heterocycles. The minimum atomic E-state index is 0.373. The third-order valence-electron chi connectivity index (χ3n) is 2.74. The van der Waals surface area contributed by atoms with Crippen LogP contribution in [0.3, 0.4) is 0 Å². The SMILES string of the molecule is CC(C)N(C)CCOc1ccccc1C(N)=S. The second-order valence-corrected chi connectivity index (χ2v) is 4.72. The van der Waals surface area contributed by atoms with Crippen LogP contribution in [0, 0.1) is 0 Å². The van der Waals surface area contributed by atoms with Crippen molar-refractivity contribution in [2.24, 2.45) is 5.73 Å². The number of nitrogens with two attached hydrogens (primary N) is 1. The van der Waals surface area contributed by atoms with Crippen molar-refractivity contribution in [1.82, 2.24) is 4.90 Å². The highest BCUT2D eigenvalue weighted by atomic mass is 32.1. The zero-order chi connectivity index (χ0) is 12.8. The number of hydrogen-bond donors (Lipinski definition) is 1. The first-order chi connectivity index (χ1) is 8.02. The predicted octanol–water partition coefficient (Wildman–Crippen LogP) is 2.04. The van der Waals surface area contributed by atoms with E-state index >= 15 is 0 Å². The van der Waals surface area contributed by atoms with Gasteiger partial charge in [0.05, 0.1) is 5.56 Å². The van der Waals surface area contributed by atoms with Crippen LogP contribution in [0.4, 0.5) is 0 Å². The molecule has 0 amide bonds. The summed E-state index contributed by atoms with van der Waals surface area (Å²) >= 11 is 4.98. The molecule has 17 heavy (non-hydrogen) atoms. The summed E-state index contributed by atoms with van der Waals surface area (Å²) in [4.78, 5) is 2.60. The van der Waals surface area contributed by atoms with Gasteiger partial charge in [0.2, 0.25) is 0 Å². The maximum atomic E-state index is 5.71. The lowest BCUT2D eigenvalue weighted by atomic mass is 10.2. The largest absolute Gasteiger partial charge is 0.492 e. The van der Waals surface area contributed by atoms with Crippen LogP contribution < -0.4 is 10.5 Å². The highest BCUT2D eigenvalue weighted by molar-refractivity contribution is 7.80. The van der Waals surface area contributed by atoms with Gasteiger partial charge >= 0.3 is 0 Å². The van der Waals surface area contributed by atoms with Crippen LogP contribution in [0.25, 0.3) is 0 Å². The van der Waals surface area contributed by atoms with Crippen molar-refractivity contribution in [3.63, 3.8) is 0 Å². The van der Waals surface area contributed by atoms with Gasteiger partial charge in [0.1, 0.15) is 17.3 Å². The molecule has 0 fully saturated rings. The number of hydrogen-bond acceptors (Lipinski definition) is 3. The van der Waals surface area contributed by atoms with Gasteiger partial charge in [0.15, 0.2) is 0 Å². The van der Waals surface area contributed by atoms with Crippen molar-refractivity contribution in [3.05, 3.63) is 29.8 Å². The molecule has 0 saturated carbocycles. The van der Waals surface area contributed by atoms with Gasteiger partial charge in [-0.3, -0.25) is 0 Å². The third kappa shape index (κ3) is 4.32. The van der Waals surface area contributed by atoms with E-state index in [1.54, 1.807) is 0 Å². The van der Waals surface area contributed by atoms with E-state index in [9.17, 15) is 0 Å². The second-order valence-electron chi connectivity index (χ2n) is 4.28. The minimum absolute atomic E-state index is 0.373. The van der Waals surface area contributed by atoms with Crippen LogP contribution in [-0.4, -0.2) is 36.1 Å². The fraction of sp³-hybridized carbons (Fsp3) is 0.462. The average molecular weight is 252 g/mol. The molecule has 0 saturated heterocycles. The molecule has 1 rings (SSSR count). The maximum Gasteiger partial charge on any atom is 0.129 e. The molecular weight excluding hydrogens is 232 g/mol. The monoisotopic (exact) mass is 252 g/mol. The fourth-order valence-corrected chi connectivity index (χ4v) is 1.52. The van der Waals surface area contributed by atoms with E-state index in [0.29, 0.717) is 17.6 Å². The normalized spacial score (nSPS) is 10.9. The summed E-state index contributed by atoms with van der Waals surface area (Å²) in [5.41, 5.74) is 6.44. The molecule has 0 atom stereocenters.